The molecule has 2 N–H and O–H groups in total. The van der Waals surface area contributed by atoms with E-state index in [9.17, 15) is 13.2 Å². The first-order chi connectivity index (χ1) is 10.4. The lowest BCUT2D eigenvalue weighted by molar-refractivity contribution is -0.117. The van der Waals surface area contributed by atoms with E-state index in [0.717, 1.165) is 5.56 Å². The molecule has 0 radical (unpaired) electrons. The van der Waals surface area contributed by atoms with Crippen molar-refractivity contribution in [1.82, 2.24) is 4.72 Å². The summed E-state index contributed by atoms with van der Waals surface area (Å²) in [5, 5.41) is 2.69. The molecule has 0 aliphatic heterocycles. The minimum Gasteiger partial charge on any atom is -0.325 e. The van der Waals surface area contributed by atoms with Crippen LogP contribution in [-0.2, 0) is 14.8 Å². The molecule has 6 heteroatoms. The molecule has 0 saturated heterocycles. The van der Waals surface area contributed by atoms with Gasteiger partial charge in [-0.2, -0.15) is 4.72 Å². The average molecular weight is 318 g/mol. The third kappa shape index (κ3) is 4.16. The summed E-state index contributed by atoms with van der Waals surface area (Å²) >= 11 is 0. The van der Waals surface area contributed by atoms with Crippen LogP contribution in [0.3, 0.4) is 0 Å². The Morgan fingerprint density at radius 2 is 1.73 bits per heavy atom. The Hall–Kier alpha value is -2.18. The zero-order valence-corrected chi connectivity index (χ0v) is 13.2. The minimum atomic E-state index is -3.72. The van der Waals surface area contributed by atoms with E-state index in [0.29, 0.717) is 5.69 Å². The van der Waals surface area contributed by atoms with Crippen molar-refractivity contribution in [1.29, 1.82) is 0 Å². The van der Waals surface area contributed by atoms with Crippen LogP contribution < -0.4 is 10.0 Å². The topological polar surface area (TPSA) is 75.3 Å². The number of nitrogens with one attached hydrogen (secondary N) is 2. The third-order valence-corrected chi connectivity index (χ3v) is 4.62. The van der Waals surface area contributed by atoms with Gasteiger partial charge in [0.05, 0.1) is 10.9 Å². The SMILES string of the molecule is Cc1cccc(NC(=O)[C@H](C)NS(=O)(=O)c2ccccc2)c1. The molecule has 2 aromatic carbocycles. The van der Waals surface area contributed by atoms with Crippen LogP contribution in [0.15, 0.2) is 59.5 Å². The lowest BCUT2D eigenvalue weighted by atomic mass is 10.2. The molecular weight excluding hydrogens is 300 g/mol. The molecule has 5 nitrogen and oxygen atoms in total. The number of rotatable bonds is 5. The van der Waals surface area contributed by atoms with Gasteiger partial charge in [0.15, 0.2) is 0 Å². The summed E-state index contributed by atoms with van der Waals surface area (Å²) in [4.78, 5) is 12.2. The summed E-state index contributed by atoms with van der Waals surface area (Å²) in [6.45, 7) is 3.42. The van der Waals surface area contributed by atoms with Gasteiger partial charge in [-0.1, -0.05) is 30.3 Å². The number of amides is 1. The number of hydrogen-bond donors (Lipinski definition) is 2. The Kier molecular flexibility index (Phi) is 4.95. The van der Waals surface area contributed by atoms with Gasteiger partial charge < -0.3 is 5.32 Å². The van der Waals surface area contributed by atoms with E-state index in [1.165, 1.54) is 19.1 Å². The molecule has 1 amide bonds. The number of anilines is 1. The molecular formula is C16H18N2O3S. The third-order valence-electron chi connectivity index (χ3n) is 3.06. The first-order valence-corrected chi connectivity index (χ1v) is 8.32. The highest BCUT2D eigenvalue weighted by atomic mass is 32.2. The van der Waals surface area contributed by atoms with Crippen molar-refractivity contribution in [2.24, 2.45) is 0 Å². The molecule has 2 rings (SSSR count). The van der Waals surface area contributed by atoms with E-state index in [1.54, 1.807) is 24.3 Å². The summed E-state index contributed by atoms with van der Waals surface area (Å²) in [5.41, 5.74) is 1.64. The van der Waals surface area contributed by atoms with Crippen LogP contribution in [0.25, 0.3) is 0 Å². The van der Waals surface area contributed by atoms with Crippen molar-refractivity contribution in [2.45, 2.75) is 24.8 Å². The number of hydrogen-bond acceptors (Lipinski definition) is 3. The molecule has 0 heterocycles. The smallest absolute Gasteiger partial charge is 0.242 e. The second-order valence-electron chi connectivity index (χ2n) is 5.01. The largest absolute Gasteiger partial charge is 0.325 e. The molecule has 2 aromatic rings. The standard InChI is InChI=1S/C16H18N2O3S/c1-12-7-6-8-14(11-12)17-16(19)13(2)18-22(20,21)15-9-4-3-5-10-15/h3-11,13,18H,1-2H3,(H,17,19)/t13-/m0/s1. The second-order valence-corrected chi connectivity index (χ2v) is 6.73. The predicted octanol–water partition coefficient (Wildman–Crippen LogP) is 2.30. The van der Waals surface area contributed by atoms with Gasteiger partial charge in [-0.3, -0.25) is 4.79 Å². The summed E-state index contributed by atoms with van der Waals surface area (Å²) < 4.78 is 26.7. The highest BCUT2D eigenvalue weighted by Gasteiger charge is 2.21. The number of carbonyl (C=O) groups is 1. The van der Waals surface area contributed by atoms with Crippen LogP contribution in [0.2, 0.25) is 0 Å². The number of carbonyl (C=O) groups excluding carboxylic acids is 1. The summed E-state index contributed by atoms with van der Waals surface area (Å²) in [5.74, 6) is -0.412. The van der Waals surface area contributed by atoms with Gasteiger partial charge >= 0.3 is 0 Å². The fourth-order valence-electron chi connectivity index (χ4n) is 1.93. The molecule has 0 saturated carbocycles. The van der Waals surface area contributed by atoms with Gasteiger partial charge in [-0.25, -0.2) is 8.42 Å². The van der Waals surface area contributed by atoms with Crippen molar-refractivity contribution in [3.8, 4) is 0 Å². The first-order valence-electron chi connectivity index (χ1n) is 6.83. The quantitative estimate of drug-likeness (QED) is 0.888. The second kappa shape index (κ2) is 6.72. The highest BCUT2D eigenvalue weighted by molar-refractivity contribution is 7.89. The molecule has 0 aliphatic carbocycles. The van der Waals surface area contributed by atoms with E-state index in [4.69, 9.17) is 0 Å². The molecule has 0 aliphatic rings. The highest BCUT2D eigenvalue weighted by Crippen LogP contribution is 2.11. The molecule has 0 bridgehead atoms. The van der Waals surface area contributed by atoms with E-state index in [2.05, 4.69) is 10.0 Å². The fraction of sp³-hybridized carbons (Fsp3) is 0.188. The van der Waals surface area contributed by atoms with E-state index in [1.807, 2.05) is 25.1 Å². The van der Waals surface area contributed by atoms with Gasteiger partial charge in [0.2, 0.25) is 15.9 Å². The zero-order chi connectivity index (χ0) is 16.2. The lowest BCUT2D eigenvalue weighted by Gasteiger charge is -2.14. The Morgan fingerprint density at radius 3 is 2.36 bits per heavy atom. The Bertz CT molecular complexity index is 758. The molecule has 0 fully saturated rings. The van der Waals surface area contributed by atoms with E-state index in [-0.39, 0.29) is 4.90 Å². The van der Waals surface area contributed by atoms with Gasteiger partial charge in [-0.15, -0.1) is 0 Å². The maximum atomic E-state index is 12.2. The Balaban J connectivity index is 2.05. The summed E-state index contributed by atoms with van der Waals surface area (Å²) in [7, 11) is -3.72. The maximum absolute atomic E-state index is 12.2. The van der Waals surface area contributed by atoms with Gasteiger partial charge in [0.25, 0.3) is 0 Å². The number of benzene rings is 2. The summed E-state index contributed by atoms with van der Waals surface area (Å²) in [6.07, 6.45) is 0. The average Bonchev–Trinajstić information content (AvgIpc) is 2.47. The molecule has 0 unspecified atom stereocenters. The van der Waals surface area contributed by atoms with Crippen LogP contribution in [0, 0.1) is 6.92 Å². The molecule has 1 atom stereocenters. The van der Waals surface area contributed by atoms with Crippen molar-refractivity contribution in [3.63, 3.8) is 0 Å². The molecule has 0 aromatic heterocycles. The Labute approximate surface area is 130 Å². The first kappa shape index (κ1) is 16.2. The van der Waals surface area contributed by atoms with Gasteiger partial charge in [0.1, 0.15) is 0 Å². The van der Waals surface area contributed by atoms with Crippen molar-refractivity contribution >= 4 is 21.6 Å². The predicted molar refractivity (Wildman–Crippen MR) is 86.0 cm³/mol. The number of sulfonamides is 1. The molecule has 116 valence electrons. The van der Waals surface area contributed by atoms with Crippen LogP contribution in [0.4, 0.5) is 5.69 Å². The lowest BCUT2D eigenvalue weighted by Crippen LogP contribution is -2.41. The zero-order valence-electron chi connectivity index (χ0n) is 12.4. The minimum absolute atomic E-state index is 0.130. The summed E-state index contributed by atoms with van der Waals surface area (Å²) in [6, 6.07) is 14.4. The monoisotopic (exact) mass is 318 g/mol. The van der Waals surface area contributed by atoms with Crippen LogP contribution in [0.5, 0.6) is 0 Å². The normalized spacial score (nSPS) is 12.6. The van der Waals surface area contributed by atoms with Crippen LogP contribution >= 0.6 is 0 Å². The molecule has 0 spiro atoms. The van der Waals surface area contributed by atoms with E-state index < -0.39 is 22.0 Å². The van der Waals surface area contributed by atoms with Crippen LogP contribution in [-0.4, -0.2) is 20.4 Å². The van der Waals surface area contributed by atoms with Gasteiger partial charge in [-0.05, 0) is 43.7 Å². The van der Waals surface area contributed by atoms with Crippen LogP contribution in [0.1, 0.15) is 12.5 Å². The Morgan fingerprint density at radius 1 is 1.05 bits per heavy atom. The van der Waals surface area contributed by atoms with Crippen molar-refractivity contribution in [2.75, 3.05) is 5.32 Å². The van der Waals surface area contributed by atoms with Gasteiger partial charge in [0, 0.05) is 5.69 Å². The van der Waals surface area contributed by atoms with Crippen molar-refractivity contribution < 1.29 is 13.2 Å². The van der Waals surface area contributed by atoms with Crippen molar-refractivity contribution in [3.05, 3.63) is 60.2 Å². The fourth-order valence-corrected chi connectivity index (χ4v) is 3.15. The maximum Gasteiger partial charge on any atom is 0.242 e. The van der Waals surface area contributed by atoms with E-state index >= 15 is 0 Å². The number of aryl methyl sites for hydroxylation is 1. The molecule has 22 heavy (non-hydrogen) atoms.